The first-order valence-electron chi connectivity index (χ1n) is 7.80. The Bertz CT molecular complexity index is 669. The largest absolute Gasteiger partial charge is 0.381 e. The highest BCUT2D eigenvalue weighted by molar-refractivity contribution is 7.09. The lowest BCUT2D eigenvalue weighted by Crippen LogP contribution is -2.43. The number of nitrogens with zero attached hydrogens (tertiary/aromatic N) is 1. The van der Waals surface area contributed by atoms with E-state index in [1.54, 1.807) is 11.3 Å². The monoisotopic (exact) mass is 367 g/mol. The van der Waals surface area contributed by atoms with E-state index in [1.807, 2.05) is 36.6 Å². The summed E-state index contributed by atoms with van der Waals surface area (Å²) in [6.07, 6.45) is 1.69. The molecule has 130 valence electrons. The summed E-state index contributed by atoms with van der Waals surface area (Å²) in [6, 6.07) is 7.21. The molecule has 1 aromatic heterocycles. The lowest BCUT2D eigenvalue weighted by molar-refractivity contribution is -0.119. The van der Waals surface area contributed by atoms with Gasteiger partial charge in [-0.25, -0.2) is 4.98 Å². The zero-order valence-corrected chi connectivity index (χ0v) is 15.2. The summed E-state index contributed by atoms with van der Waals surface area (Å²) < 4.78 is 5.31. The molecule has 0 radical (unpaired) electrons. The Balaban J connectivity index is 0.00000208. The number of halogens is 1. The molecular weight excluding hydrogens is 346 g/mol. The van der Waals surface area contributed by atoms with E-state index in [4.69, 9.17) is 10.5 Å². The van der Waals surface area contributed by atoms with Gasteiger partial charge < -0.3 is 15.8 Å². The lowest BCUT2D eigenvalue weighted by atomic mass is 9.92. The van der Waals surface area contributed by atoms with Gasteiger partial charge in [-0.15, -0.1) is 23.7 Å². The zero-order chi connectivity index (χ0) is 16.2. The van der Waals surface area contributed by atoms with Gasteiger partial charge in [0.25, 0.3) is 0 Å². The summed E-state index contributed by atoms with van der Waals surface area (Å²) in [5, 5.41) is 5.97. The number of benzene rings is 1. The molecule has 1 aliphatic rings. The number of rotatable bonds is 4. The fraction of sp³-hybridized carbons (Fsp3) is 0.412. The topological polar surface area (TPSA) is 77.2 Å². The molecule has 1 unspecified atom stereocenters. The van der Waals surface area contributed by atoms with Gasteiger partial charge in [0.1, 0.15) is 0 Å². The molecular formula is C17H22ClN3O2S. The fourth-order valence-electron chi connectivity index (χ4n) is 2.73. The second-order valence-electron chi connectivity index (χ2n) is 5.79. The van der Waals surface area contributed by atoms with Crippen LogP contribution in [-0.2, 0) is 9.53 Å². The molecule has 24 heavy (non-hydrogen) atoms. The van der Waals surface area contributed by atoms with Crippen LogP contribution in [0.5, 0.6) is 0 Å². The normalized spacial score (nSPS) is 16.2. The van der Waals surface area contributed by atoms with E-state index in [-0.39, 0.29) is 24.2 Å². The molecule has 0 saturated carbocycles. The molecule has 1 aliphatic heterocycles. The Hall–Kier alpha value is -1.47. The average molecular weight is 368 g/mol. The van der Waals surface area contributed by atoms with Crippen molar-refractivity contribution in [1.82, 2.24) is 4.98 Å². The van der Waals surface area contributed by atoms with Gasteiger partial charge in [0.2, 0.25) is 5.91 Å². The maximum absolute atomic E-state index is 12.3. The van der Waals surface area contributed by atoms with Gasteiger partial charge in [0.05, 0.1) is 16.7 Å². The average Bonchev–Trinajstić information content (AvgIpc) is 3.02. The van der Waals surface area contributed by atoms with Crippen molar-refractivity contribution in [3.8, 4) is 11.3 Å². The number of carbonyl (C=O) groups excluding carboxylic acids is 1. The summed E-state index contributed by atoms with van der Waals surface area (Å²) >= 11 is 1.63. The molecule has 7 heteroatoms. The Morgan fingerprint density at radius 3 is 2.58 bits per heavy atom. The number of hydrogen-bond acceptors (Lipinski definition) is 5. The van der Waals surface area contributed by atoms with E-state index in [0.717, 1.165) is 34.8 Å². The van der Waals surface area contributed by atoms with Gasteiger partial charge in [-0.05, 0) is 37.8 Å². The first-order chi connectivity index (χ1) is 11.1. The number of thiazole rings is 1. The van der Waals surface area contributed by atoms with E-state index in [1.165, 1.54) is 0 Å². The second kappa shape index (κ2) is 8.58. The molecule has 0 aliphatic carbocycles. The van der Waals surface area contributed by atoms with Crippen molar-refractivity contribution < 1.29 is 9.53 Å². The summed E-state index contributed by atoms with van der Waals surface area (Å²) in [6.45, 7) is 3.36. The van der Waals surface area contributed by atoms with E-state index in [9.17, 15) is 4.79 Å². The Labute approximate surface area is 152 Å². The molecule has 1 atom stereocenters. The summed E-state index contributed by atoms with van der Waals surface area (Å²) in [5.74, 6) is 0.0650. The molecule has 0 bridgehead atoms. The predicted octanol–water partition coefficient (Wildman–Crippen LogP) is 3.23. The van der Waals surface area contributed by atoms with Crippen LogP contribution in [0.25, 0.3) is 11.3 Å². The molecule has 3 rings (SSSR count). The maximum Gasteiger partial charge on any atom is 0.241 e. The fourth-order valence-corrected chi connectivity index (χ4v) is 3.36. The minimum absolute atomic E-state index is 0. The molecule has 0 spiro atoms. The minimum atomic E-state index is -0.486. The van der Waals surface area contributed by atoms with Gasteiger partial charge in [0.15, 0.2) is 0 Å². The molecule has 5 nitrogen and oxygen atoms in total. The van der Waals surface area contributed by atoms with Crippen molar-refractivity contribution in [1.29, 1.82) is 0 Å². The maximum atomic E-state index is 12.3. The molecule has 3 N–H and O–H groups in total. The van der Waals surface area contributed by atoms with Gasteiger partial charge in [-0.3, -0.25) is 4.79 Å². The van der Waals surface area contributed by atoms with E-state index in [0.29, 0.717) is 13.2 Å². The predicted molar refractivity (Wildman–Crippen MR) is 99.7 cm³/mol. The van der Waals surface area contributed by atoms with Crippen LogP contribution in [0.1, 0.15) is 17.8 Å². The van der Waals surface area contributed by atoms with Crippen LogP contribution in [0.4, 0.5) is 5.69 Å². The van der Waals surface area contributed by atoms with Crippen molar-refractivity contribution >= 4 is 35.3 Å². The van der Waals surface area contributed by atoms with E-state index >= 15 is 0 Å². The van der Waals surface area contributed by atoms with Crippen LogP contribution < -0.4 is 11.1 Å². The minimum Gasteiger partial charge on any atom is -0.381 e. The van der Waals surface area contributed by atoms with Crippen molar-refractivity contribution in [3.63, 3.8) is 0 Å². The van der Waals surface area contributed by atoms with Gasteiger partial charge in [-0.1, -0.05) is 12.1 Å². The highest BCUT2D eigenvalue weighted by atomic mass is 35.5. The number of carbonyl (C=O) groups is 1. The third-order valence-corrected chi connectivity index (χ3v) is 4.92. The number of aryl methyl sites for hydroxylation is 1. The van der Waals surface area contributed by atoms with E-state index < -0.39 is 6.04 Å². The number of hydrogen-bond donors (Lipinski definition) is 2. The first kappa shape index (κ1) is 18.9. The van der Waals surface area contributed by atoms with Crippen LogP contribution >= 0.6 is 23.7 Å². The Morgan fingerprint density at radius 2 is 2.00 bits per heavy atom. The van der Waals surface area contributed by atoms with Gasteiger partial charge >= 0.3 is 0 Å². The third kappa shape index (κ3) is 4.54. The standard InChI is InChI=1S/C17H21N3O2S.ClH/c1-11-19-15(10-23-11)12-2-4-14(5-3-12)20-17(21)16(18)13-6-8-22-9-7-13;/h2-5,10,13,16H,6-9,18H2,1H3,(H,20,21);1H. The first-order valence-corrected chi connectivity index (χ1v) is 8.68. The lowest BCUT2D eigenvalue weighted by Gasteiger charge is -2.26. The SMILES string of the molecule is Cc1nc(-c2ccc(NC(=O)C(N)C3CCOCC3)cc2)cs1.Cl. The van der Waals surface area contributed by atoms with Crippen molar-refractivity contribution in [3.05, 3.63) is 34.7 Å². The molecule has 2 aromatic rings. The summed E-state index contributed by atoms with van der Waals surface area (Å²) in [5.41, 5.74) is 8.85. The quantitative estimate of drug-likeness (QED) is 0.869. The molecule has 1 amide bonds. The smallest absolute Gasteiger partial charge is 0.241 e. The number of nitrogens with one attached hydrogen (secondary N) is 1. The summed E-state index contributed by atoms with van der Waals surface area (Å²) in [7, 11) is 0. The van der Waals surface area contributed by atoms with Crippen LogP contribution in [-0.4, -0.2) is 30.1 Å². The second-order valence-corrected chi connectivity index (χ2v) is 6.86. The summed E-state index contributed by atoms with van der Waals surface area (Å²) in [4.78, 5) is 16.7. The Morgan fingerprint density at radius 1 is 1.33 bits per heavy atom. The van der Waals surface area contributed by atoms with Crippen LogP contribution in [0.2, 0.25) is 0 Å². The number of aromatic nitrogens is 1. The molecule has 1 aromatic carbocycles. The van der Waals surface area contributed by atoms with Gasteiger partial charge in [-0.2, -0.15) is 0 Å². The highest BCUT2D eigenvalue weighted by Gasteiger charge is 2.26. The van der Waals surface area contributed by atoms with Crippen LogP contribution in [0.3, 0.4) is 0 Å². The van der Waals surface area contributed by atoms with Crippen molar-refractivity contribution in [2.75, 3.05) is 18.5 Å². The van der Waals surface area contributed by atoms with Gasteiger partial charge in [0, 0.05) is 29.8 Å². The number of anilines is 1. The van der Waals surface area contributed by atoms with E-state index in [2.05, 4.69) is 10.3 Å². The van der Waals surface area contributed by atoms with Crippen LogP contribution in [0.15, 0.2) is 29.6 Å². The third-order valence-electron chi connectivity index (χ3n) is 4.14. The number of ether oxygens (including phenoxy) is 1. The van der Waals surface area contributed by atoms with Crippen molar-refractivity contribution in [2.45, 2.75) is 25.8 Å². The van der Waals surface area contributed by atoms with Crippen molar-refractivity contribution in [2.24, 2.45) is 11.7 Å². The molecule has 2 heterocycles. The van der Waals surface area contributed by atoms with Crippen LogP contribution in [0, 0.1) is 12.8 Å². The molecule has 1 saturated heterocycles. The Kier molecular flexibility index (Phi) is 6.74. The number of nitrogens with two attached hydrogens (primary N) is 1. The molecule has 1 fully saturated rings. The number of amides is 1. The highest BCUT2D eigenvalue weighted by Crippen LogP contribution is 2.24. The zero-order valence-electron chi connectivity index (χ0n) is 13.5.